The summed E-state index contributed by atoms with van der Waals surface area (Å²) >= 11 is 0. The number of fused-ring (bicyclic) bond motifs is 1. The van der Waals surface area contributed by atoms with Gasteiger partial charge in [-0.1, -0.05) is 30.3 Å². The number of anilines is 1. The van der Waals surface area contributed by atoms with Crippen LogP contribution in [0.15, 0.2) is 42.9 Å². The Morgan fingerprint density at radius 2 is 1.78 bits per heavy atom. The van der Waals surface area contributed by atoms with Crippen molar-refractivity contribution in [2.75, 3.05) is 18.0 Å². The Morgan fingerprint density at radius 1 is 1.04 bits per heavy atom. The zero-order valence-electron chi connectivity index (χ0n) is 12.5. The second-order valence-corrected chi connectivity index (χ2v) is 5.83. The van der Waals surface area contributed by atoms with Crippen molar-refractivity contribution >= 4 is 16.9 Å². The number of hydrogen-bond acceptors (Lipinski definition) is 3. The minimum Gasteiger partial charge on any atom is -0.355 e. The molecule has 3 heterocycles. The number of rotatable bonds is 2. The molecule has 4 rings (SSSR count). The van der Waals surface area contributed by atoms with Gasteiger partial charge in [0.1, 0.15) is 17.8 Å². The molecule has 3 aromatic rings. The maximum absolute atomic E-state index is 13.4. The summed E-state index contributed by atoms with van der Waals surface area (Å²) in [6.45, 7) is 0.608. The predicted molar refractivity (Wildman–Crippen MR) is 85.7 cm³/mol. The largest absolute Gasteiger partial charge is 0.355 e. The van der Waals surface area contributed by atoms with Crippen LogP contribution < -0.4 is 4.90 Å². The molecule has 6 heteroatoms. The van der Waals surface area contributed by atoms with Crippen molar-refractivity contribution in [3.05, 3.63) is 42.9 Å². The van der Waals surface area contributed by atoms with Crippen LogP contribution in [0.4, 0.5) is 14.6 Å². The van der Waals surface area contributed by atoms with Crippen LogP contribution in [0.1, 0.15) is 12.8 Å². The normalized spacial score (nSPS) is 17.6. The molecule has 0 atom stereocenters. The van der Waals surface area contributed by atoms with Crippen LogP contribution in [0.25, 0.3) is 22.2 Å². The van der Waals surface area contributed by atoms with Crippen molar-refractivity contribution in [2.24, 2.45) is 0 Å². The van der Waals surface area contributed by atoms with Gasteiger partial charge in [0.05, 0.1) is 5.39 Å². The first kappa shape index (κ1) is 14.1. The highest BCUT2D eigenvalue weighted by Crippen LogP contribution is 2.36. The van der Waals surface area contributed by atoms with Gasteiger partial charge in [0, 0.05) is 37.7 Å². The van der Waals surface area contributed by atoms with E-state index in [-0.39, 0.29) is 12.8 Å². The number of aromatic amines is 1. The lowest BCUT2D eigenvalue weighted by molar-refractivity contribution is -0.0221. The van der Waals surface area contributed by atoms with Crippen molar-refractivity contribution < 1.29 is 8.78 Å². The average Bonchev–Trinajstić information content (AvgIpc) is 3.00. The summed E-state index contributed by atoms with van der Waals surface area (Å²) in [7, 11) is 0. The Hall–Kier alpha value is -2.50. The minimum atomic E-state index is -2.57. The van der Waals surface area contributed by atoms with Gasteiger partial charge in [-0.05, 0) is 5.56 Å². The van der Waals surface area contributed by atoms with E-state index in [1.165, 1.54) is 6.33 Å². The molecule has 1 aliphatic rings. The quantitative estimate of drug-likeness (QED) is 0.781. The Kier molecular flexibility index (Phi) is 3.25. The topological polar surface area (TPSA) is 44.8 Å². The fraction of sp³-hybridized carbons (Fsp3) is 0.294. The van der Waals surface area contributed by atoms with Gasteiger partial charge in [-0.15, -0.1) is 0 Å². The molecule has 118 valence electrons. The zero-order valence-corrected chi connectivity index (χ0v) is 12.5. The molecular formula is C17H16F2N4. The van der Waals surface area contributed by atoms with Crippen molar-refractivity contribution in [1.82, 2.24) is 15.0 Å². The van der Waals surface area contributed by atoms with E-state index in [2.05, 4.69) is 15.0 Å². The third-order valence-corrected chi connectivity index (χ3v) is 4.33. The SMILES string of the molecule is FC1(F)CCN(c2ncnc3[nH]cc(-c4ccccc4)c23)CC1. The van der Waals surface area contributed by atoms with Gasteiger partial charge in [0.15, 0.2) is 0 Å². The molecule has 4 nitrogen and oxygen atoms in total. The van der Waals surface area contributed by atoms with Gasteiger partial charge in [-0.2, -0.15) is 0 Å². The van der Waals surface area contributed by atoms with E-state index in [4.69, 9.17) is 0 Å². The molecule has 23 heavy (non-hydrogen) atoms. The van der Waals surface area contributed by atoms with E-state index in [9.17, 15) is 8.78 Å². The Morgan fingerprint density at radius 3 is 2.52 bits per heavy atom. The van der Waals surface area contributed by atoms with E-state index in [0.717, 1.165) is 28.0 Å². The van der Waals surface area contributed by atoms with E-state index in [0.29, 0.717) is 13.1 Å². The van der Waals surface area contributed by atoms with Gasteiger partial charge in [0.2, 0.25) is 0 Å². The fourth-order valence-corrected chi connectivity index (χ4v) is 3.08. The van der Waals surface area contributed by atoms with Crippen LogP contribution in [0.3, 0.4) is 0 Å². The van der Waals surface area contributed by atoms with Crippen LogP contribution in [0, 0.1) is 0 Å². The fourth-order valence-electron chi connectivity index (χ4n) is 3.08. The molecule has 0 spiro atoms. The summed E-state index contributed by atoms with van der Waals surface area (Å²) in [6.07, 6.45) is 3.11. The summed E-state index contributed by atoms with van der Waals surface area (Å²) in [5.74, 6) is -1.84. The molecule has 2 aromatic heterocycles. The highest BCUT2D eigenvalue weighted by atomic mass is 19.3. The predicted octanol–water partition coefficient (Wildman–Crippen LogP) is 3.86. The summed E-state index contributed by atoms with van der Waals surface area (Å²) in [5.41, 5.74) is 2.77. The van der Waals surface area contributed by atoms with Crippen molar-refractivity contribution in [1.29, 1.82) is 0 Å². The number of benzene rings is 1. The van der Waals surface area contributed by atoms with Gasteiger partial charge in [-0.25, -0.2) is 18.7 Å². The lowest BCUT2D eigenvalue weighted by Crippen LogP contribution is -2.39. The molecule has 1 aromatic carbocycles. The molecule has 0 aliphatic carbocycles. The molecular weight excluding hydrogens is 298 g/mol. The first-order valence-corrected chi connectivity index (χ1v) is 7.64. The summed E-state index contributed by atoms with van der Waals surface area (Å²) in [4.78, 5) is 13.7. The number of hydrogen-bond donors (Lipinski definition) is 1. The maximum Gasteiger partial charge on any atom is 0.251 e. The molecule has 0 amide bonds. The Labute approximate surface area is 132 Å². The molecule has 1 saturated heterocycles. The van der Waals surface area contributed by atoms with E-state index >= 15 is 0 Å². The lowest BCUT2D eigenvalue weighted by Gasteiger charge is -2.32. The van der Waals surface area contributed by atoms with Crippen LogP contribution in [0.5, 0.6) is 0 Å². The zero-order chi connectivity index (χ0) is 15.9. The molecule has 0 saturated carbocycles. The number of halogens is 2. The van der Waals surface area contributed by atoms with Gasteiger partial charge in [-0.3, -0.25) is 0 Å². The van der Waals surface area contributed by atoms with E-state index in [1.807, 2.05) is 41.4 Å². The second kappa shape index (κ2) is 5.30. The first-order chi connectivity index (χ1) is 11.1. The van der Waals surface area contributed by atoms with Crippen LogP contribution in [-0.2, 0) is 0 Å². The molecule has 0 radical (unpaired) electrons. The number of piperidine rings is 1. The number of nitrogens with one attached hydrogen (secondary N) is 1. The summed E-state index contributed by atoms with van der Waals surface area (Å²) in [6, 6.07) is 9.94. The Bertz CT molecular complexity index is 819. The third kappa shape index (κ3) is 2.54. The first-order valence-electron chi connectivity index (χ1n) is 7.64. The second-order valence-electron chi connectivity index (χ2n) is 5.83. The molecule has 1 N–H and O–H groups in total. The van der Waals surface area contributed by atoms with Crippen LogP contribution >= 0.6 is 0 Å². The summed E-state index contributed by atoms with van der Waals surface area (Å²) < 4.78 is 26.9. The molecule has 0 unspecified atom stereocenters. The van der Waals surface area contributed by atoms with Gasteiger partial charge < -0.3 is 9.88 Å². The summed E-state index contributed by atoms with van der Waals surface area (Å²) in [5, 5.41) is 0.893. The maximum atomic E-state index is 13.4. The molecule has 0 bridgehead atoms. The number of H-pyrrole nitrogens is 1. The lowest BCUT2D eigenvalue weighted by atomic mass is 10.0. The van der Waals surface area contributed by atoms with Gasteiger partial charge in [0.25, 0.3) is 5.92 Å². The van der Waals surface area contributed by atoms with Crippen molar-refractivity contribution in [2.45, 2.75) is 18.8 Å². The van der Waals surface area contributed by atoms with E-state index in [1.54, 1.807) is 0 Å². The average molecular weight is 314 g/mol. The minimum absolute atomic E-state index is 0.135. The van der Waals surface area contributed by atoms with E-state index < -0.39 is 5.92 Å². The van der Waals surface area contributed by atoms with Gasteiger partial charge >= 0.3 is 0 Å². The number of nitrogens with zero attached hydrogens (tertiary/aromatic N) is 3. The number of alkyl halides is 2. The smallest absolute Gasteiger partial charge is 0.251 e. The highest BCUT2D eigenvalue weighted by molar-refractivity contribution is 6.01. The molecule has 1 aliphatic heterocycles. The highest BCUT2D eigenvalue weighted by Gasteiger charge is 2.35. The van der Waals surface area contributed by atoms with Crippen LogP contribution in [0.2, 0.25) is 0 Å². The number of aromatic nitrogens is 3. The monoisotopic (exact) mass is 314 g/mol. The molecule has 1 fully saturated rings. The van der Waals surface area contributed by atoms with Crippen molar-refractivity contribution in [3.63, 3.8) is 0 Å². The van der Waals surface area contributed by atoms with Crippen LogP contribution in [-0.4, -0.2) is 34.0 Å². The standard InChI is InChI=1S/C17H16F2N4/c18-17(19)6-8-23(9-7-17)16-14-13(12-4-2-1-3-5-12)10-20-15(14)21-11-22-16/h1-5,10-11H,6-9H2,(H,20,21,22). The third-order valence-electron chi connectivity index (χ3n) is 4.33. The van der Waals surface area contributed by atoms with Crippen molar-refractivity contribution in [3.8, 4) is 11.1 Å². The Balaban J connectivity index is 1.80.